The third-order valence-electron chi connectivity index (χ3n) is 2.55. The lowest BCUT2D eigenvalue weighted by Gasteiger charge is -2.06. The van der Waals surface area contributed by atoms with Gasteiger partial charge in [-0.25, -0.2) is 4.39 Å². The molecule has 0 aromatic heterocycles. The van der Waals surface area contributed by atoms with Crippen LogP contribution in [0, 0.1) is 5.82 Å². The van der Waals surface area contributed by atoms with Gasteiger partial charge in [0.25, 0.3) is 0 Å². The largest absolute Gasteiger partial charge is 0.398 e. The van der Waals surface area contributed by atoms with Crippen LogP contribution in [0.2, 0.25) is 0 Å². The van der Waals surface area contributed by atoms with E-state index in [4.69, 9.17) is 5.73 Å². The Morgan fingerprint density at radius 3 is 2.44 bits per heavy atom. The third-order valence-corrected chi connectivity index (χ3v) is 2.55. The van der Waals surface area contributed by atoms with Gasteiger partial charge in [-0.05, 0) is 37.3 Å². The highest BCUT2D eigenvalue weighted by Crippen LogP contribution is 2.13. The van der Waals surface area contributed by atoms with Crippen molar-refractivity contribution in [1.82, 2.24) is 0 Å². The van der Waals surface area contributed by atoms with E-state index >= 15 is 0 Å². The molecule has 92 valence electrons. The highest BCUT2D eigenvalue weighted by Gasteiger charge is 2.01. The Kier molecular flexibility index (Phi) is 3.57. The SMILES string of the molecule is C/C(=N\Nc1ccc(F)cc1)c1ccccc1N. The zero-order valence-electron chi connectivity index (χ0n) is 10.0. The minimum atomic E-state index is -0.270. The van der Waals surface area contributed by atoms with Crippen LogP contribution in [0.25, 0.3) is 0 Å². The van der Waals surface area contributed by atoms with Crippen molar-refractivity contribution in [1.29, 1.82) is 0 Å². The maximum absolute atomic E-state index is 12.7. The van der Waals surface area contributed by atoms with E-state index in [0.717, 1.165) is 17.0 Å². The fraction of sp³-hybridized carbons (Fsp3) is 0.0714. The van der Waals surface area contributed by atoms with Crippen LogP contribution in [0.4, 0.5) is 15.8 Å². The molecule has 0 fully saturated rings. The number of rotatable bonds is 3. The lowest BCUT2D eigenvalue weighted by molar-refractivity contribution is 0.628. The van der Waals surface area contributed by atoms with Crippen LogP contribution in [-0.2, 0) is 0 Å². The summed E-state index contributed by atoms with van der Waals surface area (Å²) in [6.45, 7) is 1.86. The van der Waals surface area contributed by atoms with Crippen molar-refractivity contribution in [2.24, 2.45) is 5.10 Å². The average Bonchev–Trinajstić information content (AvgIpc) is 2.38. The van der Waals surface area contributed by atoms with E-state index < -0.39 is 0 Å². The highest BCUT2D eigenvalue weighted by molar-refractivity contribution is 6.03. The minimum Gasteiger partial charge on any atom is -0.398 e. The normalized spacial score (nSPS) is 11.3. The number of hydrazone groups is 1. The molecule has 0 radical (unpaired) electrons. The Balaban J connectivity index is 2.14. The van der Waals surface area contributed by atoms with Crippen LogP contribution in [0.3, 0.4) is 0 Å². The number of halogens is 1. The summed E-state index contributed by atoms with van der Waals surface area (Å²) in [7, 11) is 0. The first-order chi connectivity index (χ1) is 8.66. The maximum atomic E-state index is 12.7. The summed E-state index contributed by atoms with van der Waals surface area (Å²) in [5.41, 5.74) is 11.8. The highest BCUT2D eigenvalue weighted by atomic mass is 19.1. The number of hydrogen-bond acceptors (Lipinski definition) is 3. The Bertz CT molecular complexity index is 562. The molecule has 0 saturated carbocycles. The first kappa shape index (κ1) is 12.1. The van der Waals surface area contributed by atoms with Crippen molar-refractivity contribution >= 4 is 17.1 Å². The van der Waals surface area contributed by atoms with Gasteiger partial charge in [-0.2, -0.15) is 5.10 Å². The van der Waals surface area contributed by atoms with Crippen LogP contribution >= 0.6 is 0 Å². The number of nitrogens with one attached hydrogen (secondary N) is 1. The van der Waals surface area contributed by atoms with E-state index in [-0.39, 0.29) is 5.82 Å². The van der Waals surface area contributed by atoms with Crippen molar-refractivity contribution < 1.29 is 4.39 Å². The lowest BCUT2D eigenvalue weighted by atomic mass is 10.1. The number of hydrogen-bond donors (Lipinski definition) is 2. The standard InChI is InChI=1S/C14H14FN3/c1-10(13-4-2-3-5-14(13)16)17-18-12-8-6-11(15)7-9-12/h2-9,18H,16H2,1H3/b17-10+. The number of para-hydroxylation sites is 1. The maximum Gasteiger partial charge on any atom is 0.123 e. The monoisotopic (exact) mass is 243 g/mol. The first-order valence-electron chi connectivity index (χ1n) is 5.57. The molecule has 0 bridgehead atoms. The Labute approximate surface area is 105 Å². The zero-order valence-corrected chi connectivity index (χ0v) is 10.0. The molecule has 0 unspecified atom stereocenters. The van der Waals surface area contributed by atoms with Gasteiger partial charge in [-0.15, -0.1) is 0 Å². The number of anilines is 2. The second kappa shape index (κ2) is 5.31. The second-order valence-corrected chi connectivity index (χ2v) is 3.90. The molecular formula is C14H14FN3. The predicted molar refractivity (Wildman–Crippen MR) is 73.1 cm³/mol. The molecule has 3 nitrogen and oxygen atoms in total. The number of nitrogens with zero attached hydrogens (tertiary/aromatic N) is 1. The van der Waals surface area contributed by atoms with Gasteiger partial charge >= 0.3 is 0 Å². The number of nitrogen functional groups attached to an aromatic ring is 1. The van der Waals surface area contributed by atoms with Gasteiger partial charge in [-0.3, -0.25) is 5.43 Å². The van der Waals surface area contributed by atoms with Crippen LogP contribution in [0.15, 0.2) is 53.6 Å². The summed E-state index contributed by atoms with van der Waals surface area (Å²) < 4.78 is 12.7. The first-order valence-corrected chi connectivity index (χ1v) is 5.57. The van der Waals surface area contributed by atoms with Gasteiger partial charge in [0.05, 0.1) is 11.4 Å². The van der Waals surface area contributed by atoms with Gasteiger partial charge in [0.1, 0.15) is 5.82 Å². The smallest absolute Gasteiger partial charge is 0.123 e. The Morgan fingerprint density at radius 2 is 1.78 bits per heavy atom. The molecule has 0 atom stereocenters. The number of nitrogens with two attached hydrogens (primary N) is 1. The molecule has 0 aliphatic rings. The molecule has 0 aliphatic carbocycles. The molecule has 2 rings (SSSR count). The molecular weight excluding hydrogens is 229 g/mol. The van der Waals surface area contributed by atoms with Crippen molar-refractivity contribution in [2.45, 2.75) is 6.92 Å². The van der Waals surface area contributed by atoms with E-state index in [1.165, 1.54) is 12.1 Å². The molecule has 0 aliphatic heterocycles. The summed E-state index contributed by atoms with van der Waals surface area (Å²) in [5, 5.41) is 4.22. The molecule has 3 N–H and O–H groups in total. The van der Waals surface area contributed by atoms with E-state index in [9.17, 15) is 4.39 Å². The van der Waals surface area contributed by atoms with Crippen molar-refractivity contribution in [3.63, 3.8) is 0 Å². The van der Waals surface area contributed by atoms with E-state index in [1.54, 1.807) is 12.1 Å². The average molecular weight is 243 g/mol. The van der Waals surface area contributed by atoms with E-state index in [1.807, 2.05) is 31.2 Å². The van der Waals surface area contributed by atoms with Crippen molar-refractivity contribution in [3.05, 3.63) is 59.9 Å². The van der Waals surface area contributed by atoms with Gasteiger partial charge in [0.15, 0.2) is 0 Å². The van der Waals surface area contributed by atoms with Gasteiger partial charge in [0.2, 0.25) is 0 Å². The van der Waals surface area contributed by atoms with E-state index in [2.05, 4.69) is 10.5 Å². The molecule has 4 heteroatoms. The lowest BCUT2D eigenvalue weighted by Crippen LogP contribution is -2.03. The quantitative estimate of drug-likeness (QED) is 0.494. The molecule has 0 heterocycles. The van der Waals surface area contributed by atoms with Gasteiger partial charge < -0.3 is 5.73 Å². The van der Waals surface area contributed by atoms with Crippen LogP contribution in [0.5, 0.6) is 0 Å². The summed E-state index contributed by atoms with van der Waals surface area (Å²) in [5.74, 6) is -0.270. The minimum absolute atomic E-state index is 0.270. The summed E-state index contributed by atoms with van der Waals surface area (Å²) in [4.78, 5) is 0. The van der Waals surface area contributed by atoms with Gasteiger partial charge in [0, 0.05) is 11.3 Å². The predicted octanol–water partition coefficient (Wildman–Crippen LogP) is 3.24. The molecule has 0 spiro atoms. The molecule has 0 saturated heterocycles. The third kappa shape index (κ3) is 2.85. The fourth-order valence-corrected chi connectivity index (χ4v) is 1.56. The summed E-state index contributed by atoms with van der Waals surface area (Å²) >= 11 is 0. The van der Waals surface area contributed by atoms with Crippen LogP contribution < -0.4 is 11.2 Å². The summed E-state index contributed by atoms with van der Waals surface area (Å²) in [6, 6.07) is 13.5. The van der Waals surface area contributed by atoms with Crippen molar-refractivity contribution in [2.75, 3.05) is 11.2 Å². The molecule has 2 aromatic carbocycles. The van der Waals surface area contributed by atoms with Crippen LogP contribution in [0.1, 0.15) is 12.5 Å². The molecule has 2 aromatic rings. The van der Waals surface area contributed by atoms with Crippen molar-refractivity contribution in [3.8, 4) is 0 Å². The Morgan fingerprint density at radius 1 is 1.11 bits per heavy atom. The second-order valence-electron chi connectivity index (χ2n) is 3.90. The molecule has 18 heavy (non-hydrogen) atoms. The fourth-order valence-electron chi connectivity index (χ4n) is 1.56. The zero-order chi connectivity index (χ0) is 13.0. The topological polar surface area (TPSA) is 50.4 Å². The Hall–Kier alpha value is -2.36. The van der Waals surface area contributed by atoms with E-state index in [0.29, 0.717) is 5.69 Å². The summed E-state index contributed by atoms with van der Waals surface area (Å²) in [6.07, 6.45) is 0. The molecule has 0 amide bonds. The van der Waals surface area contributed by atoms with Crippen LogP contribution in [-0.4, -0.2) is 5.71 Å². The van der Waals surface area contributed by atoms with Gasteiger partial charge in [-0.1, -0.05) is 18.2 Å². The number of benzene rings is 2.